The Hall–Kier alpha value is -2.15. The number of hydrogen-bond acceptors (Lipinski definition) is 1. The number of nitrogens with zero attached hydrogens (tertiary/aromatic N) is 3. The van der Waals surface area contributed by atoms with Crippen LogP contribution >= 0.6 is 0 Å². The van der Waals surface area contributed by atoms with Crippen LogP contribution in [-0.2, 0) is 13.0 Å². The van der Waals surface area contributed by atoms with Crippen LogP contribution in [0.3, 0.4) is 0 Å². The summed E-state index contributed by atoms with van der Waals surface area (Å²) < 4.78 is 15.4. The highest BCUT2D eigenvalue weighted by atomic mass is 19.1. The lowest BCUT2D eigenvalue weighted by atomic mass is 10.1. The fourth-order valence-corrected chi connectivity index (χ4v) is 1.79. The van der Waals surface area contributed by atoms with Gasteiger partial charge in [0, 0.05) is 12.4 Å². The molecule has 0 atom stereocenters. The second-order valence-corrected chi connectivity index (χ2v) is 3.75. The van der Waals surface area contributed by atoms with Crippen molar-refractivity contribution >= 4 is 5.69 Å². The third-order valence-electron chi connectivity index (χ3n) is 2.60. The van der Waals surface area contributed by atoms with Crippen LogP contribution in [-0.4, -0.2) is 9.78 Å². The van der Waals surface area contributed by atoms with Gasteiger partial charge in [-0.15, -0.1) is 0 Å². The van der Waals surface area contributed by atoms with Crippen molar-refractivity contribution in [3.05, 3.63) is 59.0 Å². The molecule has 0 spiro atoms. The van der Waals surface area contributed by atoms with Gasteiger partial charge in [0.15, 0.2) is 0 Å². The van der Waals surface area contributed by atoms with Crippen molar-refractivity contribution in [1.82, 2.24) is 9.78 Å². The van der Waals surface area contributed by atoms with E-state index in [1.807, 2.05) is 25.3 Å². The first-order valence-corrected chi connectivity index (χ1v) is 5.40. The molecule has 1 aromatic heterocycles. The molecule has 0 bridgehead atoms. The first-order valence-electron chi connectivity index (χ1n) is 5.40. The van der Waals surface area contributed by atoms with E-state index in [2.05, 4.69) is 9.94 Å². The second-order valence-electron chi connectivity index (χ2n) is 3.75. The van der Waals surface area contributed by atoms with E-state index >= 15 is 0 Å². The van der Waals surface area contributed by atoms with Crippen molar-refractivity contribution in [2.24, 2.45) is 0 Å². The van der Waals surface area contributed by atoms with Gasteiger partial charge in [0.1, 0.15) is 5.82 Å². The van der Waals surface area contributed by atoms with E-state index in [0.29, 0.717) is 13.0 Å². The molecule has 17 heavy (non-hydrogen) atoms. The molecule has 1 heterocycles. The molecule has 1 aromatic carbocycles. The van der Waals surface area contributed by atoms with E-state index in [0.717, 1.165) is 11.1 Å². The molecule has 86 valence electrons. The predicted molar refractivity (Wildman–Crippen MR) is 63.4 cm³/mol. The summed E-state index contributed by atoms with van der Waals surface area (Å²) in [6, 6.07) is 5.11. The molecule has 0 aliphatic rings. The zero-order valence-corrected chi connectivity index (χ0v) is 9.52. The quantitative estimate of drug-likeness (QED) is 0.741. The van der Waals surface area contributed by atoms with Gasteiger partial charge in [-0.3, -0.25) is 4.68 Å². The summed E-state index contributed by atoms with van der Waals surface area (Å²) in [4.78, 5) is 3.23. The lowest BCUT2D eigenvalue weighted by molar-refractivity contribution is 0.622. The summed E-state index contributed by atoms with van der Waals surface area (Å²) in [6.07, 6.45) is 4.17. The zero-order valence-electron chi connectivity index (χ0n) is 9.52. The van der Waals surface area contributed by atoms with Gasteiger partial charge in [-0.1, -0.05) is 13.0 Å². The van der Waals surface area contributed by atoms with Gasteiger partial charge in [0.2, 0.25) is 5.69 Å². The Balaban J connectivity index is 2.37. The molecule has 2 rings (SSSR count). The number of benzene rings is 1. The van der Waals surface area contributed by atoms with Crippen molar-refractivity contribution < 1.29 is 4.39 Å². The fraction of sp³-hybridized carbons (Fsp3) is 0.231. The Labute approximate surface area is 99.3 Å². The lowest BCUT2D eigenvalue weighted by Gasteiger charge is -2.07. The maximum Gasteiger partial charge on any atom is 0.225 e. The van der Waals surface area contributed by atoms with Gasteiger partial charge in [-0.05, 0) is 29.7 Å². The number of halogens is 1. The molecule has 0 radical (unpaired) electrons. The molecule has 0 aliphatic carbocycles. The van der Waals surface area contributed by atoms with Gasteiger partial charge in [0.25, 0.3) is 0 Å². The summed E-state index contributed by atoms with van der Waals surface area (Å²) in [6.45, 7) is 9.40. The van der Waals surface area contributed by atoms with E-state index in [9.17, 15) is 4.39 Å². The fourth-order valence-electron chi connectivity index (χ4n) is 1.79. The monoisotopic (exact) mass is 229 g/mol. The maximum atomic E-state index is 13.7. The molecule has 0 amide bonds. The van der Waals surface area contributed by atoms with E-state index in [4.69, 9.17) is 6.57 Å². The minimum absolute atomic E-state index is 0.136. The lowest BCUT2D eigenvalue weighted by Crippen LogP contribution is -2.01. The van der Waals surface area contributed by atoms with Gasteiger partial charge >= 0.3 is 0 Å². The third-order valence-corrected chi connectivity index (χ3v) is 2.60. The number of aromatic nitrogens is 2. The van der Waals surface area contributed by atoms with Crippen LogP contribution in [0.5, 0.6) is 0 Å². The van der Waals surface area contributed by atoms with Crippen LogP contribution in [0.1, 0.15) is 18.1 Å². The van der Waals surface area contributed by atoms with Crippen molar-refractivity contribution in [3.8, 4) is 0 Å². The predicted octanol–water partition coefficient (Wildman–Crippen LogP) is 3.18. The van der Waals surface area contributed by atoms with Crippen LogP contribution in [0.25, 0.3) is 4.85 Å². The average molecular weight is 229 g/mol. The number of aryl methyl sites for hydroxylation is 1. The molecule has 0 N–H and O–H groups in total. The molecule has 0 aliphatic heterocycles. The van der Waals surface area contributed by atoms with Crippen molar-refractivity contribution in [2.75, 3.05) is 0 Å². The highest BCUT2D eigenvalue weighted by Gasteiger charge is 2.10. The topological polar surface area (TPSA) is 22.2 Å². The third kappa shape index (κ3) is 2.34. The molecule has 3 nitrogen and oxygen atoms in total. The molecule has 0 saturated heterocycles. The van der Waals surface area contributed by atoms with Crippen LogP contribution in [0.2, 0.25) is 0 Å². The second kappa shape index (κ2) is 4.79. The van der Waals surface area contributed by atoms with Crippen LogP contribution in [0, 0.1) is 12.4 Å². The summed E-state index contributed by atoms with van der Waals surface area (Å²) in [7, 11) is 0. The van der Waals surface area contributed by atoms with E-state index < -0.39 is 5.82 Å². The number of hydrogen-bond donors (Lipinski definition) is 0. The molecule has 2 aromatic rings. The minimum Gasteiger partial charge on any atom is -0.268 e. The Morgan fingerprint density at radius 2 is 2.29 bits per heavy atom. The standard InChI is InChI=1S/C13H12FN3/c1-3-11-7-10(8-12(14)13(11)15-2)9-17-6-4-5-16-17/h4-8H,3,9H2,1H3. The average Bonchev–Trinajstić information content (AvgIpc) is 2.81. The summed E-state index contributed by atoms with van der Waals surface area (Å²) in [5.74, 6) is -0.443. The largest absolute Gasteiger partial charge is 0.268 e. The van der Waals surface area contributed by atoms with Gasteiger partial charge in [0.05, 0.1) is 13.1 Å². The smallest absolute Gasteiger partial charge is 0.225 e. The zero-order chi connectivity index (χ0) is 12.3. The minimum atomic E-state index is -0.443. The summed E-state index contributed by atoms with van der Waals surface area (Å²) >= 11 is 0. The van der Waals surface area contributed by atoms with Crippen molar-refractivity contribution in [2.45, 2.75) is 19.9 Å². The molecular weight excluding hydrogens is 217 g/mol. The number of rotatable bonds is 3. The molecule has 0 unspecified atom stereocenters. The summed E-state index contributed by atoms with van der Waals surface area (Å²) in [5.41, 5.74) is 1.72. The maximum absolute atomic E-state index is 13.7. The summed E-state index contributed by atoms with van der Waals surface area (Å²) in [5, 5.41) is 4.07. The highest BCUT2D eigenvalue weighted by Crippen LogP contribution is 2.26. The van der Waals surface area contributed by atoms with Gasteiger partial charge < -0.3 is 0 Å². The van der Waals surface area contributed by atoms with Crippen LogP contribution in [0.15, 0.2) is 30.6 Å². The molecule has 0 fully saturated rings. The van der Waals surface area contributed by atoms with Crippen molar-refractivity contribution in [3.63, 3.8) is 0 Å². The Morgan fingerprint density at radius 1 is 1.47 bits per heavy atom. The van der Waals surface area contributed by atoms with Gasteiger partial charge in [-0.25, -0.2) is 9.24 Å². The Bertz CT molecular complexity index is 553. The SMILES string of the molecule is [C-]#[N+]c1c(F)cc(Cn2cccn2)cc1CC. The first kappa shape index (κ1) is 11.3. The van der Waals surface area contributed by atoms with Crippen molar-refractivity contribution in [1.29, 1.82) is 0 Å². The Morgan fingerprint density at radius 3 is 2.88 bits per heavy atom. The van der Waals surface area contributed by atoms with Crippen LogP contribution in [0.4, 0.5) is 10.1 Å². The van der Waals surface area contributed by atoms with E-state index in [1.54, 1.807) is 10.9 Å². The molecule has 4 heteroatoms. The van der Waals surface area contributed by atoms with E-state index in [-0.39, 0.29) is 5.69 Å². The highest BCUT2D eigenvalue weighted by molar-refractivity contribution is 5.55. The molecule has 0 saturated carbocycles. The normalized spacial score (nSPS) is 10.2. The van der Waals surface area contributed by atoms with E-state index in [1.165, 1.54) is 6.07 Å². The Kier molecular flexibility index (Phi) is 3.20. The van der Waals surface area contributed by atoms with Crippen LogP contribution < -0.4 is 0 Å². The van der Waals surface area contributed by atoms with Gasteiger partial charge in [-0.2, -0.15) is 5.10 Å². The molecular formula is C13H12FN3. The first-order chi connectivity index (χ1) is 8.24.